The molecule has 1 aromatic carbocycles. The first-order valence-electron chi connectivity index (χ1n) is 7.01. The normalized spacial score (nSPS) is 12.0. The van der Waals surface area contributed by atoms with E-state index in [9.17, 15) is 9.59 Å². The molecule has 5 nitrogen and oxygen atoms in total. The van der Waals surface area contributed by atoms with E-state index in [2.05, 4.69) is 11.9 Å². The molecule has 2 aromatic rings. The van der Waals surface area contributed by atoms with Gasteiger partial charge in [-0.05, 0) is 38.5 Å². The number of rotatable bonds is 5. The van der Waals surface area contributed by atoms with Crippen molar-refractivity contribution in [2.24, 2.45) is 0 Å². The van der Waals surface area contributed by atoms with Gasteiger partial charge in [0.1, 0.15) is 17.4 Å². The van der Waals surface area contributed by atoms with Gasteiger partial charge in [0.25, 0.3) is 0 Å². The highest BCUT2D eigenvalue weighted by Gasteiger charge is 2.09. The predicted octanol–water partition coefficient (Wildman–Crippen LogP) is 2.56. The Morgan fingerprint density at radius 1 is 1.41 bits per heavy atom. The molecule has 1 heterocycles. The van der Waals surface area contributed by atoms with Gasteiger partial charge in [-0.1, -0.05) is 6.58 Å². The van der Waals surface area contributed by atoms with Crippen LogP contribution < -0.4 is 15.7 Å². The zero-order chi connectivity index (χ0) is 16.3. The molecule has 1 N–H and O–H groups in total. The quantitative estimate of drug-likeness (QED) is 0.680. The van der Waals surface area contributed by atoms with E-state index in [0.717, 1.165) is 10.9 Å². The molecule has 0 radical (unpaired) electrons. The highest BCUT2D eigenvalue weighted by atomic mass is 16.5. The van der Waals surface area contributed by atoms with Gasteiger partial charge < -0.3 is 14.5 Å². The summed E-state index contributed by atoms with van der Waals surface area (Å²) in [5.41, 5.74) is 1.42. The maximum absolute atomic E-state index is 11.4. The lowest BCUT2D eigenvalue weighted by atomic mass is 10.1. The van der Waals surface area contributed by atoms with Crippen molar-refractivity contribution in [3.05, 3.63) is 52.4 Å². The maximum Gasteiger partial charge on any atom is 0.336 e. The molecular formula is C17H19NO4. The summed E-state index contributed by atoms with van der Waals surface area (Å²) in [7, 11) is 0. The summed E-state index contributed by atoms with van der Waals surface area (Å²) in [6, 6.07) is 6.80. The van der Waals surface area contributed by atoms with Gasteiger partial charge in [0, 0.05) is 23.1 Å². The molecule has 1 atom stereocenters. The minimum atomic E-state index is -0.385. The Morgan fingerprint density at radius 2 is 2.14 bits per heavy atom. The third kappa shape index (κ3) is 3.75. The van der Waals surface area contributed by atoms with Gasteiger partial charge in [0.05, 0.1) is 6.54 Å². The van der Waals surface area contributed by atoms with Gasteiger partial charge >= 0.3 is 5.63 Å². The van der Waals surface area contributed by atoms with E-state index in [-0.39, 0.29) is 17.6 Å². The van der Waals surface area contributed by atoms with Crippen molar-refractivity contribution in [1.82, 2.24) is 5.32 Å². The number of amides is 1. The van der Waals surface area contributed by atoms with Crippen LogP contribution in [0.5, 0.6) is 5.75 Å². The molecule has 0 aliphatic rings. The van der Waals surface area contributed by atoms with E-state index in [1.165, 1.54) is 6.07 Å². The van der Waals surface area contributed by atoms with Crippen LogP contribution in [0.4, 0.5) is 0 Å². The Morgan fingerprint density at radius 3 is 2.82 bits per heavy atom. The third-order valence-electron chi connectivity index (χ3n) is 3.20. The van der Waals surface area contributed by atoms with Crippen molar-refractivity contribution in [3.8, 4) is 5.75 Å². The van der Waals surface area contributed by atoms with Crippen LogP contribution in [0.1, 0.15) is 19.4 Å². The monoisotopic (exact) mass is 301 g/mol. The fraction of sp³-hybridized carbons (Fsp3) is 0.294. The van der Waals surface area contributed by atoms with Crippen molar-refractivity contribution in [3.63, 3.8) is 0 Å². The molecule has 0 saturated carbocycles. The molecule has 0 bridgehead atoms. The van der Waals surface area contributed by atoms with Crippen molar-refractivity contribution in [2.45, 2.75) is 26.9 Å². The Hall–Kier alpha value is -2.56. The van der Waals surface area contributed by atoms with Crippen LogP contribution in [-0.2, 0) is 4.79 Å². The zero-order valence-corrected chi connectivity index (χ0v) is 12.9. The summed E-state index contributed by atoms with van der Waals surface area (Å²) in [5.74, 6) is 0.383. The number of benzene rings is 1. The van der Waals surface area contributed by atoms with Crippen LogP contribution in [0.15, 0.2) is 45.6 Å². The first-order valence-corrected chi connectivity index (χ1v) is 7.01. The van der Waals surface area contributed by atoms with E-state index in [4.69, 9.17) is 9.15 Å². The molecule has 1 unspecified atom stereocenters. The molecule has 0 aliphatic heterocycles. The lowest BCUT2D eigenvalue weighted by molar-refractivity contribution is -0.117. The van der Waals surface area contributed by atoms with Crippen molar-refractivity contribution >= 4 is 16.9 Å². The number of ether oxygens (including phenoxy) is 1. The van der Waals surface area contributed by atoms with E-state index < -0.39 is 0 Å². The Balaban J connectivity index is 2.10. The van der Waals surface area contributed by atoms with E-state index >= 15 is 0 Å². The number of carbonyl (C=O) groups excluding carboxylic acids is 1. The summed E-state index contributed by atoms with van der Waals surface area (Å²) in [6.07, 6.45) is -0.225. The number of fused-ring (bicyclic) bond motifs is 1. The third-order valence-corrected chi connectivity index (χ3v) is 3.20. The SMILES string of the molecule is C=C(C)C(=O)NCC(C)Oc1ccc2c(C)cc(=O)oc2c1. The predicted molar refractivity (Wildman–Crippen MR) is 85.1 cm³/mol. The fourth-order valence-electron chi connectivity index (χ4n) is 2.04. The minimum absolute atomic E-state index is 0.199. The van der Waals surface area contributed by atoms with Crippen molar-refractivity contribution in [1.29, 1.82) is 0 Å². The summed E-state index contributed by atoms with van der Waals surface area (Å²) >= 11 is 0. The molecule has 0 spiro atoms. The van der Waals surface area contributed by atoms with Gasteiger partial charge in [0.2, 0.25) is 5.91 Å². The Labute approximate surface area is 128 Å². The summed E-state index contributed by atoms with van der Waals surface area (Å²) in [6.45, 7) is 9.28. The fourth-order valence-corrected chi connectivity index (χ4v) is 2.04. The van der Waals surface area contributed by atoms with E-state index in [1.54, 1.807) is 13.0 Å². The van der Waals surface area contributed by atoms with E-state index in [1.807, 2.05) is 26.0 Å². The molecule has 2 rings (SSSR count). The second-order valence-corrected chi connectivity index (χ2v) is 5.33. The molecule has 0 fully saturated rings. The van der Waals surface area contributed by atoms with Crippen molar-refractivity contribution in [2.75, 3.05) is 6.54 Å². The summed E-state index contributed by atoms with van der Waals surface area (Å²) in [5, 5.41) is 3.59. The topological polar surface area (TPSA) is 68.5 Å². The standard InChI is InChI=1S/C17H19NO4/c1-10(2)17(20)18-9-12(4)21-13-5-6-14-11(3)7-16(19)22-15(14)8-13/h5-8,12H,1,9H2,2-4H3,(H,18,20). The summed E-state index contributed by atoms with van der Waals surface area (Å²) < 4.78 is 10.9. The molecule has 0 saturated heterocycles. The number of nitrogens with one attached hydrogen (secondary N) is 1. The lowest BCUT2D eigenvalue weighted by Gasteiger charge is -2.15. The maximum atomic E-state index is 11.4. The van der Waals surface area contributed by atoms with Gasteiger partial charge in [-0.25, -0.2) is 4.79 Å². The largest absolute Gasteiger partial charge is 0.489 e. The second-order valence-electron chi connectivity index (χ2n) is 5.33. The molecule has 1 amide bonds. The molecule has 22 heavy (non-hydrogen) atoms. The second kappa shape index (κ2) is 6.47. The van der Waals surface area contributed by atoms with Crippen LogP contribution in [0.3, 0.4) is 0 Å². The molecule has 5 heteroatoms. The van der Waals surface area contributed by atoms with Crippen molar-refractivity contribution < 1.29 is 13.9 Å². The lowest BCUT2D eigenvalue weighted by Crippen LogP contribution is -2.33. The number of hydrogen-bond acceptors (Lipinski definition) is 4. The van der Waals surface area contributed by atoms with Crippen LogP contribution in [0.25, 0.3) is 11.0 Å². The van der Waals surface area contributed by atoms with Gasteiger partial charge in [0.15, 0.2) is 0 Å². The molecule has 1 aromatic heterocycles. The molecular weight excluding hydrogens is 282 g/mol. The molecule has 116 valence electrons. The Kier molecular flexibility index (Phi) is 4.65. The first-order chi connectivity index (χ1) is 10.4. The number of hydrogen-bond donors (Lipinski definition) is 1. The number of carbonyl (C=O) groups is 1. The van der Waals surface area contributed by atoms with Crippen LogP contribution in [-0.4, -0.2) is 18.6 Å². The smallest absolute Gasteiger partial charge is 0.336 e. The first kappa shape index (κ1) is 15.8. The average molecular weight is 301 g/mol. The summed E-state index contributed by atoms with van der Waals surface area (Å²) in [4.78, 5) is 22.8. The zero-order valence-electron chi connectivity index (χ0n) is 12.9. The Bertz CT molecular complexity index is 776. The minimum Gasteiger partial charge on any atom is -0.489 e. The van der Waals surface area contributed by atoms with Gasteiger partial charge in [-0.3, -0.25) is 4.79 Å². The average Bonchev–Trinajstić information content (AvgIpc) is 2.43. The van der Waals surface area contributed by atoms with Crippen LogP contribution in [0, 0.1) is 6.92 Å². The van der Waals surface area contributed by atoms with Crippen LogP contribution in [0.2, 0.25) is 0 Å². The number of aryl methyl sites for hydroxylation is 1. The van der Waals surface area contributed by atoms with Crippen LogP contribution >= 0.6 is 0 Å². The van der Waals surface area contributed by atoms with Gasteiger partial charge in [-0.2, -0.15) is 0 Å². The highest BCUT2D eigenvalue weighted by molar-refractivity contribution is 5.92. The van der Waals surface area contributed by atoms with Gasteiger partial charge in [-0.15, -0.1) is 0 Å². The van der Waals surface area contributed by atoms with E-state index in [0.29, 0.717) is 23.5 Å². The highest BCUT2D eigenvalue weighted by Crippen LogP contribution is 2.22. The molecule has 0 aliphatic carbocycles.